The van der Waals surface area contributed by atoms with Crippen molar-refractivity contribution in [1.82, 2.24) is 9.97 Å². The maximum Gasteiger partial charge on any atom is 0.346 e. The Hall–Kier alpha value is -2.88. The summed E-state index contributed by atoms with van der Waals surface area (Å²) in [5.74, 6) is 0.562. The fourth-order valence-corrected chi connectivity index (χ4v) is 2.26. The number of hydrogen-bond donors (Lipinski definition) is 1. The summed E-state index contributed by atoms with van der Waals surface area (Å²) in [5, 5.41) is 0. The molecule has 0 amide bonds. The molecular weight excluding hydrogens is 264 g/mol. The highest BCUT2D eigenvalue weighted by molar-refractivity contribution is 5.77. The minimum absolute atomic E-state index is 0.395. The number of H-pyrrole nitrogens is 1. The first-order chi connectivity index (χ1) is 10.3. The van der Waals surface area contributed by atoms with Crippen LogP contribution < -0.4 is 10.4 Å². The van der Waals surface area contributed by atoms with Crippen molar-refractivity contribution in [3.05, 3.63) is 71.1 Å². The summed E-state index contributed by atoms with van der Waals surface area (Å²) in [5.41, 5.74) is 2.51. The van der Waals surface area contributed by atoms with Gasteiger partial charge in [0, 0.05) is 11.1 Å². The number of ether oxygens (including phenoxy) is 1. The van der Waals surface area contributed by atoms with E-state index in [4.69, 9.17) is 4.74 Å². The predicted octanol–water partition coefficient (Wildman–Crippen LogP) is 3.11. The summed E-state index contributed by atoms with van der Waals surface area (Å²) in [6, 6.07) is 19.1. The number of aromatic nitrogens is 2. The molecule has 0 unspecified atom stereocenters. The van der Waals surface area contributed by atoms with E-state index in [1.54, 1.807) is 7.11 Å². The molecular formula is C17H14N2O2. The molecule has 0 fully saturated rings. The Bertz CT molecular complexity index is 732. The smallest absolute Gasteiger partial charge is 0.346 e. The molecule has 0 spiro atoms. The lowest BCUT2D eigenvalue weighted by Gasteiger charge is -2.12. The molecule has 0 aliphatic rings. The Morgan fingerprint density at radius 3 is 2.05 bits per heavy atom. The van der Waals surface area contributed by atoms with Crippen molar-refractivity contribution in [3.8, 4) is 28.3 Å². The molecule has 0 saturated heterocycles. The molecule has 2 aromatic carbocycles. The van der Waals surface area contributed by atoms with Gasteiger partial charge in [-0.1, -0.05) is 60.7 Å². The maximum absolute atomic E-state index is 11.9. The van der Waals surface area contributed by atoms with E-state index in [1.165, 1.54) is 0 Å². The van der Waals surface area contributed by atoms with E-state index in [2.05, 4.69) is 9.97 Å². The van der Waals surface area contributed by atoms with Gasteiger partial charge in [0.15, 0.2) is 5.75 Å². The SMILES string of the molecule is COc1c(-c2ccccc2)nc(=O)[nH]c1-c1ccccc1. The highest BCUT2D eigenvalue weighted by Crippen LogP contribution is 2.34. The molecule has 3 aromatic rings. The fourth-order valence-electron chi connectivity index (χ4n) is 2.26. The van der Waals surface area contributed by atoms with Gasteiger partial charge in [0.25, 0.3) is 0 Å². The predicted molar refractivity (Wildman–Crippen MR) is 82.3 cm³/mol. The Morgan fingerprint density at radius 1 is 0.905 bits per heavy atom. The Balaban J connectivity index is 2.28. The normalized spacial score (nSPS) is 10.3. The van der Waals surface area contributed by atoms with E-state index < -0.39 is 5.69 Å². The lowest BCUT2D eigenvalue weighted by molar-refractivity contribution is 0.414. The highest BCUT2D eigenvalue weighted by Gasteiger charge is 2.15. The van der Waals surface area contributed by atoms with E-state index >= 15 is 0 Å². The first-order valence-corrected chi connectivity index (χ1v) is 6.59. The van der Waals surface area contributed by atoms with E-state index in [0.29, 0.717) is 17.1 Å². The molecule has 4 nitrogen and oxygen atoms in total. The zero-order chi connectivity index (χ0) is 14.7. The largest absolute Gasteiger partial charge is 0.492 e. The third-order valence-corrected chi connectivity index (χ3v) is 3.20. The summed E-state index contributed by atoms with van der Waals surface area (Å²) in [6.45, 7) is 0. The molecule has 1 N–H and O–H groups in total. The average molecular weight is 278 g/mol. The Labute approximate surface area is 122 Å². The summed E-state index contributed by atoms with van der Waals surface area (Å²) in [6.07, 6.45) is 0. The standard InChI is InChI=1S/C17H14N2O2/c1-21-16-14(12-8-4-2-5-9-12)18-17(20)19-15(16)13-10-6-3-7-11-13/h2-11H,1H3,(H,18,19,20). The second-order valence-electron chi connectivity index (χ2n) is 4.53. The number of methoxy groups -OCH3 is 1. The quantitative estimate of drug-likeness (QED) is 0.801. The molecule has 4 heteroatoms. The highest BCUT2D eigenvalue weighted by atomic mass is 16.5. The molecule has 0 saturated carbocycles. The van der Waals surface area contributed by atoms with Crippen LogP contribution in [0.25, 0.3) is 22.5 Å². The van der Waals surface area contributed by atoms with Gasteiger partial charge in [-0.2, -0.15) is 4.98 Å². The van der Waals surface area contributed by atoms with Crippen LogP contribution in [0.4, 0.5) is 0 Å². The minimum atomic E-state index is -0.395. The van der Waals surface area contributed by atoms with Gasteiger partial charge in [0.05, 0.1) is 12.8 Å². The number of benzene rings is 2. The molecule has 104 valence electrons. The number of hydrogen-bond acceptors (Lipinski definition) is 3. The first-order valence-electron chi connectivity index (χ1n) is 6.59. The van der Waals surface area contributed by atoms with Crippen molar-refractivity contribution < 1.29 is 4.74 Å². The van der Waals surface area contributed by atoms with Crippen molar-refractivity contribution in [2.24, 2.45) is 0 Å². The minimum Gasteiger partial charge on any atom is -0.492 e. The molecule has 3 rings (SSSR count). The molecule has 0 bridgehead atoms. The molecule has 0 radical (unpaired) electrons. The monoisotopic (exact) mass is 278 g/mol. The Kier molecular flexibility index (Phi) is 3.51. The van der Waals surface area contributed by atoms with Crippen LogP contribution >= 0.6 is 0 Å². The van der Waals surface area contributed by atoms with Crippen molar-refractivity contribution in [1.29, 1.82) is 0 Å². The number of rotatable bonds is 3. The van der Waals surface area contributed by atoms with Gasteiger partial charge >= 0.3 is 5.69 Å². The van der Waals surface area contributed by atoms with Crippen molar-refractivity contribution >= 4 is 0 Å². The molecule has 0 atom stereocenters. The second-order valence-corrected chi connectivity index (χ2v) is 4.53. The van der Waals surface area contributed by atoms with Crippen LogP contribution in [0, 0.1) is 0 Å². The summed E-state index contributed by atoms with van der Waals surface area (Å²) in [4.78, 5) is 18.7. The molecule has 0 aliphatic carbocycles. The first kappa shape index (κ1) is 13.1. The maximum atomic E-state index is 11.9. The lowest BCUT2D eigenvalue weighted by atomic mass is 10.1. The van der Waals surface area contributed by atoms with E-state index in [1.807, 2.05) is 60.7 Å². The summed E-state index contributed by atoms with van der Waals surface area (Å²) in [7, 11) is 1.58. The number of aromatic amines is 1. The molecule has 1 heterocycles. The van der Waals surface area contributed by atoms with E-state index in [0.717, 1.165) is 11.1 Å². The second kappa shape index (κ2) is 5.63. The average Bonchev–Trinajstić information content (AvgIpc) is 2.55. The third kappa shape index (κ3) is 2.56. The lowest BCUT2D eigenvalue weighted by Crippen LogP contribution is -2.14. The van der Waals surface area contributed by atoms with Crippen molar-refractivity contribution in [2.75, 3.05) is 7.11 Å². The van der Waals surface area contributed by atoms with E-state index in [9.17, 15) is 4.79 Å². The van der Waals surface area contributed by atoms with Gasteiger partial charge in [-0.15, -0.1) is 0 Å². The zero-order valence-corrected chi connectivity index (χ0v) is 11.5. The van der Waals surface area contributed by atoms with Crippen molar-refractivity contribution in [3.63, 3.8) is 0 Å². The molecule has 21 heavy (non-hydrogen) atoms. The van der Waals surface area contributed by atoms with Crippen LogP contribution in [-0.4, -0.2) is 17.1 Å². The van der Waals surface area contributed by atoms with E-state index in [-0.39, 0.29) is 0 Å². The van der Waals surface area contributed by atoms with Crippen LogP contribution in [0.15, 0.2) is 65.5 Å². The van der Waals surface area contributed by atoms with Crippen molar-refractivity contribution in [2.45, 2.75) is 0 Å². The van der Waals surface area contributed by atoms with Gasteiger partial charge in [0.1, 0.15) is 5.69 Å². The molecule has 1 aromatic heterocycles. The summed E-state index contributed by atoms with van der Waals surface area (Å²) >= 11 is 0. The van der Waals surface area contributed by atoms with Gasteiger partial charge in [-0.25, -0.2) is 4.79 Å². The van der Waals surface area contributed by atoms with Crippen LogP contribution in [0.3, 0.4) is 0 Å². The van der Waals surface area contributed by atoms with Gasteiger partial charge in [-0.3, -0.25) is 0 Å². The van der Waals surface area contributed by atoms with Crippen LogP contribution in [0.2, 0.25) is 0 Å². The number of nitrogens with zero attached hydrogens (tertiary/aromatic N) is 1. The van der Waals surface area contributed by atoms with Gasteiger partial charge in [0.2, 0.25) is 0 Å². The zero-order valence-electron chi connectivity index (χ0n) is 11.5. The van der Waals surface area contributed by atoms with Gasteiger partial charge < -0.3 is 9.72 Å². The number of nitrogens with one attached hydrogen (secondary N) is 1. The van der Waals surface area contributed by atoms with Crippen LogP contribution in [0.1, 0.15) is 0 Å². The topological polar surface area (TPSA) is 55.0 Å². The third-order valence-electron chi connectivity index (χ3n) is 3.20. The Morgan fingerprint density at radius 2 is 1.48 bits per heavy atom. The molecule has 0 aliphatic heterocycles. The van der Waals surface area contributed by atoms with Crippen LogP contribution in [-0.2, 0) is 0 Å². The van der Waals surface area contributed by atoms with Gasteiger partial charge in [-0.05, 0) is 0 Å². The van der Waals surface area contributed by atoms with Crippen LogP contribution in [0.5, 0.6) is 5.75 Å². The summed E-state index contributed by atoms with van der Waals surface area (Å²) < 4.78 is 5.51. The fraction of sp³-hybridized carbons (Fsp3) is 0.0588.